The Morgan fingerprint density at radius 3 is 2.47 bits per heavy atom. The van der Waals surface area contributed by atoms with Crippen molar-refractivity contribution in [3.05, 3.63) is 0 Å². The van der Waals surface area contributed by atoms with Crippen LogP contribution in [0.4, 0.5) is 0 Å². The number of morpholine rings is 1. The van der Waals surface area contributed by atoms with Crippen LogP contribution in [0.25, 0.3) is 0 Å². The Labute approximate surface area is 94.9 Å². The summed E-state index contributed by atoms with van der Waals surface area (Å²) in [7, 11) is -1.43. The lowest BCUT2D eigenvalue weighted by Gasteiger charge is -2.36. The van der Waals surface area contributed by atoms with Crippen molar-refractivity contribution in [2.45, 2.75) is 45.6 Å². The van der Waals surface area contributed by atoms with Crippen LogP contribution in [0.5, 0.6) is 0 Å². The maximum Gasteiger partial charge on any atom is 0.188 e. The second-order valence-electron chi connectivity index (χ2n) is 4.88. The summed E-state index contributed by atoms with van der Waals surface area (Å²) in [6.45, 7) is 12.8. The first-order valence-electron chi connectivity index (χ1n) is 6.05. The number of hydrogen-bond acceptors (Lipinski definition) is 3. The van der Waals surface area contributed by atoms with Crippen molar-refractivity contribution in [2.75, 3.05) is 26.3 Å². The van der Waals surface area contributed by atoms with E-state index < -0.39 is 8.32 Å². The van der Waals surface area contributed by atoms with Crippen LogP contribution >= 0.6 is 0 Å². The van der Waals surface area contributed by atoms with Crippen molar-refractivity contribution < 1.29 is 9.16 Å². The predicted octanol–water partition coefficient (Wildman–Crippen LogP) is 2.30. The largest absolute Gasteiger partial charge is 0.402 e. The second kappa shape index (κ2) is 5.99. The lowest BCUT2D eigenvalue weighted by atomic mass is 10.4. The lowest BCUT2D eigenvalue weighted by Crippen LogP contribution is -2.47. The third-order valence-electron chi connectivity index (χ3n) is 2.90. The van der Waals surface area contributed by atoms with Crippen LogP contribution in [0, 0.1) is 0 Å². The molecule has 1 aliphatic rings. The van der Waals surface area contributed by atoms with Crippen molar-refractivity contribution in [3.63, 3.8) is 0 Å². The van der Waals surface area contributed by atoms with Gasteiger partial charge in [0.1, 0.15) is 0 Å². The number of nitrogens with zero attached hydrogens (tertiary/aromatic N) is 1. The van der Waals surface area contributed by atoms with Gasteiger partial charge in [0.2, 0.25) is 0 Å². The molecule has 4 heteroatoms. The van der Waals surface area contributed by atoms with Crippen LogP contribution < -0.4 is 0 Å². The van der Waals surface area contributed by atoms with E-state index in [1.54, 1.807) is 0 Å². The molecule has 0 amide bonds. The zero-order valence-electron chi connectivity index (χ0n) is 10.6. The van der Waals surface area contributed by atoms with E-state index >= 15 is 0 Å². The predicted molar refractivity (Wildman–Crippen MR) is 65.5 cm³/mol. The van der Waals surface area contributed by atoms with Crippen LogP contribution in [-0.2, 0) is 9.16 Å². The summed E-state index contributed by atoms with van der Waals surface area (Å²) in [5.41, 5.74) is 0. The first-order valence-corrected chi connectivity index (χ1v) is 9.16. The van der Waals surface area contributed by atoms with Gasteiger partial charge in [-0.25, -0.2) is 0 Å². The first kappa shape index (κ1) is 13.2. The van der Waals surface area contributed by atoms with E-state index in [2.05, 4.69) is 31.8 Å². The van der Waals surface area contributed by atoms with Crippen molar-refractivity contribution in [3.8, 4) is 0 Å². The number of ether oxygens (including phenoxy) is 1. The van der Waals surface area contributed by atoms with E-state index in [9.17, 15) is 0 Å². The molecule has 0 bridgehead atoms. The van der Waals surface area contributed by atoms with Crippen LogP contribution in [-0.4, -0.2) is 45.7 Å². The fourth-order valence-electron chi connectivity index (χ4n) is 2.14. The van der Waals surface area contributed by atoms with Gasteiger partial charge in [-0.1, -0.05) is 13.3 Å². The molecule has 1 atom stereocenters. The summed E-state index contributed by atoms with van der Waals surface area (Å²) >= 11 is 0. The average Bonchev–Trinajstić information content (AvgIpc) is 2.18. The summed E-state index contributed by atoms with van der Waals surface area (Å²) in [5.74, 6) is 0. The number of rotatable bonds is 5. The van der Waals surface area contributed by atoms with Gasteiger partial charge in [0.15, 0.2) is 8.32 Å². The molecule has 0 aromatic heterocycles. The highest BCUT2D eigenvalue weighted by molar-refractivity contribution is 6.71. The maximum atomic E-state index is 6.23. The molecule has 0 aliphatic carbocycles. The van der Waals surface area contributed by atoms with Gasteiger partial charge in [0.05, 0.1) is 19.4 Å². The Bertz CT molecular complexity index is 181. The molecule has 90 valence electrons. The monoisotopic (exact) mass is 231 g/mol. The van der Waals surface area contributed by atoms with Gasteiger partial charge in [0, 0.05) is 13.1 Å². The molecule has 1 fully saturated rings. The van der Waals surface area contributed by atoms with Crippen LogP contribution in [0.1, 0.15) is 20.3 Å². The van der Waals surface area contributed by atoms with Gasteiger partial charge in [-0.15, -0.1) is 0 Å². The van der Waals surface area contributed by atoms with Gasteiger partial charge < -0.3 is 9.16 Å². The molecule has 0 aromatic rings. The van der Waals surface area contributed by atoms with E-state index in [0.29, 0.717) is 0 Å². The third kappa shape index (κ3) is 4.63. The van der Waals surface area contributed by atoms with E-state index in [1.807, 2.05) is 0 Å². The van der Waals surface area contributed by atoms with E-state index in [1.165, 1.54) is 12.5 Å². The molecule has 1 aliphatic heterocycles. The Morgan fingerprint density at radius 1 is 1.33 bits per heavy atom. The van der Waals surface area contributed by atoms with Crippen molar-refractivity contribution in [1.29, 1.82) is 0 Å². The topological polar surface area (TPSA) is 21.7 Å². The molecular formula is C11H25NO2Si. The molecule has 0 radical (unpaired) electrons. The first-order chi connectivity index (χ1) is 7.05. The zero-order chi connectivity index (χ0) is 11.3. The molecule has 1 heterocycles. The molecule has 0 saturated carbocycles. The van der Waals surface area contributed by atoms with Crippen molar-refractivity contribution >= 4 is 8.32 Å². The van der Waals surface area contributed by atoms with Gasteiger partial charge in [-0.05, 0) is 26.1 Å². The fourth-order valence-corrected chi connectivity index (χ4v) is 4.53. The summed E-state index contributed by atoms with van der Waals surface area (Å²) in [5, 5.41) is 0. The molecule has 1 rings (SSSR count). The van der Waals surface area contributed by atoms with E-state index in [4.69, 9.17) is 9.16 Å². The SMILES string of the molecule is CCC[Si](C)(C)OC(C)N1CCOCC1. The fraction of sp³-hybridized carbons (Fsp3) is 1.00. The Morgan fingerprint density at radius 2 is 1.93 bits per heavy atom. The van der Waals surface area contributed by atoms with Crippen molar-refractivity contribution in [1.82, 2.24) is 4.90 Å². The highest BCUT2D eigenvalue weighted by atomic mass is 28.4. The summed E-state index contributed by atoms with van der Waals surface area (Å²) in [6, 6.07) is 1.25. The summed E-state index contributed by atoms with van der Waals surface area (Å²) < 4.78 is 11.6. The zero-order valence-corrected chi connectivity index (χ0v) is 11.6. The smallest absolute Gasteiger partial charge is 0.188 e. The standard InChI is InChI=1S/C11H25NO2Si/c1-5-10-15(3,4)14-11(2)12-6-8-13-9-7-12/h11H,5-10H2,1-4H3. The number of hydrogen-bond donors (Lipinski definition) is 0. The van der Waals surface area contributed by atoms with Crippen LogP contribution in [0.2, 0.25) is 19.1 Å². The van der Waals surface area contributed by atoms with E-state index in [-0.39, 0.29) is 6.23 Å². The van der Waals surface area contributed by atoms with Gasteiger partial charge >= 0.3 is 0 Å². The Kier molecular flexibility index (Phi) is 5.25. The highest BCUT2D eigenvalue weighted by Gasteiger charge is 2.27. The van der Waals surface area contributed by atoms with Gasteiger partial charge in [0.25, 0.3) is 0 Å². The Balaban J connectivity index is 2.35. The molecule has 3 nitrogen and oxygen atoms in total. The summed E-state index contributed by atoms with van der Waals surface area (Å²) in [6.07, 6.45) is 1.50. The molecule has 15 heavy (non-hydrogen) atoms. The van der Waals surface area contributed by atoms with Crippen LogP contribution in [0.15, 0.2) is 0 Å². The molecule has 0 spiro atoms. The summed E-state index contributed by atoms with van der Waals surface area (Å²) in [4.78, 5) is 2.38. The van der Waals surface area contributed by atoms with Gasteiger partial charge in [-0.3, -0.25) is 4.90 Å². The minimum atomic E-state index is -1.43. The Hall–Kier alpha value is 0.0969. The molecule has 1 saturated heterocycles. The normalized spacial score (nSPS) is 21.6. The van der Waals surface area contributed by atoms with Crippen molar-refractivity contribution in [2.24, 2.45) is 0 Å². The third-order valence-corrected chi connectivity index (χ3v) is 5.58. The molecule has 1 unspecified atom stereocenters. The van der Waals surface area contributed by atoms with Crippen LogP contribution in [0.3, 0.4) is 0 Å². The minimum Gasteiger partial charge on any atom is -0.402 e. The van der Waals surface area contributed by atoms with Gasteiger partial charge in [-0.2, -0.15) is 0 Å². The molecule has 0 aromatic carbocycles. The molecular weight excluding hydrogens is 206 g/mol. The maximum absolute atomic E-state index is 6.23. The molecule has 0 N–H and O–H groups in total. The quantitative estimate of drug-likeness (QED) is 0.678. The highest BCUT2D eigenvalue weighted by Crippen LogP contribution is 2.17. The average molecular weight is 231 g/mol. The minimum absolute atomic E-state index is 0.266. The lowest BCUT2D eigenvalue weighted by molar-refractivity contribution is -0.0412. The van der Waals surface area contributed by atoms with E-state index in [0.717, 1.165) is 26.3 Å². The second-order valence-corrected chi connectivity index (χ2v) is 9.13.